The predicted octanol–water partition coefficient (Wildman–Crippen LogP) is 2.18. The van der Waals surface area contributed by atoms with Crippen LogP contribution in [0, 0.1) is 6.92 Å². The van der Waals surface area contributed by atoms with Crippen molar-refractivity contribution in [1.29, 1.82) is 0 Å². The second-order valence-electron chi connectivity index (χ2n) is 3.92. The van der Waals surface area contributed by atoms with Crippen LogP contribution in [0.15, 0.2) is 24.3 Å². The minimum absolute atomic E-state index is 0.0790. The van der Waals surface area contributed by atoms with E-state index in [0.29, 0.717) is 12.3 Å². The molecular formula is C13H15N3O2. The molecule has 0 spiro atoms. The number of hydrogen-bond donors (Lipinski definition) is 0. The van der Waals surface area contributed by atoms with Gasteiger partial charge >= 0.3 is 0 Å². The average Bonchev–Trinajstić information content (AvgIpc) is 2.73. The Balaban J connectivity index is 2.34. The summed E-state index contributed by atoms with van der Waals surface area (Å²) < 4.78 is 7.02. The van der Waals surface area contributed by atoms with Gasteiger partial charge in [-0.25, -0.2) is 4.68 Å². The summed E-state index contributed by atoms with van der Waals surface area (Å²) in [5, 5.41) is 7.87. The molecule has 5 nitrogen and oxygen atoms in total. The van der Waals surface area contributed by atoms with E-state index in [1.807, 2.05) is 38.1 Å². The lowest BCUT2D eigenvalue weighted by Gasteiger charge is -2.06. The van der Waals surface area contributed by atoms with Gasteiger partial charge in [0.1, 0.15) is 5.75 Å². The quantitative estimate of drug-likeness (QED) is 0.775. The molecule has 0 unspecified atom stereocenters. The summed E-state index contributed by atoms with van der Waals surface area (Å²) in [6, 6.07) is 7.51. The number of nitrogens with zero attached hydrogens (tertiary/aromatic N) is 3. The molecule has 2 rings (SSSR count). The Kier molecular flexibility index (Phi) is 3.41. The van der Waals surface area contributed by atoms with Gasteiger partial charge in [-0.15, -0.1) is 5.10 Å². The zero-order valence-corrected chi connectivity index (χ0v) is 10.7. The lowest BCUT2D eigenvalue weighted by atomic mass is 10.2. The van der Waals surface area contributed by atoms with Gasteiger partial charge in [-0.2, -0.15) is 0 Å². The van der Waals surface area contributed by atoms with Gasteiger partial charge in [0.15, 0.2) is 11.5 Å². The Morgan fingerprint density at radius 2 is 2.00 bits per heavy atom. The van der Waals surface area contributed by atoms with Crippen LogP contribution >= 0.6 is 0 Å². The number of Topliss-reactive ketones (excluding diaryl/α,β-unsaturated/α-hetero) is 1. The molecule has 0 fully saturated rings. The van der Waals surface area contributed by atoms with Crippen molar-refractivity contribution in [3.8, 4) is 11.4 Å². The van der Waals surface area contributed by atoms with Crippen LogP contribution < -0.4 is 4.74 Å². The van der Waals surface area contributed by atoms with E-state index in [2.05, 4.69) is 10.3 Å². The topological polar surface area (TPSA) is 57.0 Å². The van der Waals surface area contributed by atoms with E-state index in [1.54, 1.807) is 4.68 Å². The molecule has 0 saturated carbocycles. The molecule has 0 aliphatic carbocycles. The Labute approximate surface area is 105 Å². The number of hydrogen-bond acceptors (Lipinski definition) is 4. The van der Waals surface area contributed by atoms with Crippen molar-refractivity contribution in [1.82, 2.24) is 15.0 Å². The summed E-state index contributed by atoms with van der Waals surface area (Å²) in [5.41, 5.74) is 2.01. The minimum atomic E-state index is -0.0790. The third-order valence-corrected chi connectivity index (χ3v) is 2.62. The monoisotopic (exact) mass is 245 g/mol. The van der Waals surface area contributed by atoms with Crippen LogP contribution in [0.5, 0.6) is 5.75 Å². The standard InChI is InChI=1S/C13H15N3O2/c1-4-18-12-7-5-11(6-8-12)16-9(2)13(10(3)17)14-15-16/h5-8H,4H2,1-3H3. The fraction of sp³-hybridized carbons (Fsp3) is 0.308. The molecule has 1 aromatic carbocycles. The summed E-state index contributed by atoms with van der Waals surface area (Å²) in [4.78, 5) is 11.3. The first-order valence-electron chi connectivity index (χ1n) is 5.80. The molecule has 0 N–H and O–H groups in total. The molecule has 5 heteroatoms. The summed E-state index contributed by atoms with van der Waals surface area (Å²) in [5.74, 6) is 0.732. The predicted molar refractivity (Wildman–Crippen MR) is 67.3 cm³/mol. The van der Waals surface area contributed by atoms with Gasteiger partial charge in [0, 0.05) is 6.92 Å². The van der Waals surface area contributed by atoms with Crippen LogP contribution in [-0.4, -0.2) is 27.4 Å². The second kappa shape index (κ2) is 5.00. The number of benzene rings is 1. The van der Waals surface area contributed by atoms with Gasteiger partial charge in [0.25, 0.3) is 0 Å². The number of rotatable bonds is 4. The van der Waals surface area contributed by atoms with Crippen molar-refractivity contribution in [2.45, 2.75) is 20.8 Å². The molecule has 0 aliphatic rings. The molecule has 18 heavy (non-hydrogen) atoms. The summed E-state index contributed by atoms with van der Waals surface area (Å²) in [6.45, 7) is 5.89. The van der Waals surface area contributed by atoms with E-state index in [0.717, 1.165) is 17.1 Å². The van der Waals surface area contributed by atoms with Gasteiger partial charge in [0.05, 0.1) is 18.0 Å². The van der Waals surface area contributed by atoms with Crippen LogP contribution in [0.25, 0.3) is 5.69 Å². The highest BCUT2D eigenvalue weighted by molar-refractivity contribution is 5.93. The molecule has 0 amide bonds. The number of carbonyl (C=O) groups excluding carboxylic acids is 1. The van der Waals surface area contributed by atoms with Crippen molar-refractivity contribution >= 4 is 5.78 Å². The largest absolute Gasteiger partial charge is 0.494 e. The van der Waals surface area contributed by atoms with Gasteiger partial charge in [0.2, 0.25) is 0 Å². The van der Waals surface area contributed by atoms with Gasteiger partial charge in [-0.1, -0.05) is 5.21 Å². The Hall–Kier alpha value is -2.17. The maximum Gasteiger partial charge on any atom is 0.181 e. The number of carbonyl (C=O) groups is 1. The van der Waals surface area contributed by atoms with Crippen LogP contribution in [0.2, 0.25) is 0 Å². The summed E-state index contributed by atoms with van der Waals surface area (Å²) in [7, 11) is 0. The van der Waals surface area contributed by atoms with Crippen LogP contribution in [0.4, 0.5) is 0 Å². The van der Waals surface area contributed by atoms with Crippen LogP contribution in [-0.2, 0) is 0 Å². The van der Waals surface area contributed by atoms with E-state index >= 15 is 0 Å². The normalized spacial score (nSPS) is 10.4. The van der Waals surface area contributed by atoms with Crippen molar-refractivity contribution in [2.24, 2.45) is 0 Å². The van der Waals surface area contributed by atoms with Crippen molar-refractivity contribution in [3.05, 3.63) is 35.7 Å². The number of aromatic nitrogens is 3. The maximum absolute atomic E-state index is 11.3. The molecule has 94 valence electrons. The maximum atomic E-state index is 11.3. The van der Waals surface area contributed by atoms with Crippen molar-refractivity contribution < 1.29 is 9.53 Å². The first-order chi connectivity index (χ1) is 8.63. The smallest absolute Gasteiger partial charge is 0.181 e. The highest BCUT2D eigenvalue weighted by atomic mass is 16.5. The molecular weight excluding hydrogens is 230 g/mol. The lowest BCUT2D eigenvalue weighted by Crippen LogP contribution is -2.01. The summed E-state index contributed by atoms with van der Waals surface area (Å²) >= 11 is 0. The van der Waals surface area contributed by atoms with Gasteiger partial charge in [-0.3, -0.25) is 4.79 Å². The Morgan fingerprint density at radius 1 is 1.33 bits per heavy atom. The third kappa shape index (κ3) is 2.25. The molecule has 1 aromatic heterocycles. The third-order valence-electron chi connectivity index (χ3n) is 2.62. The molecule has 0 atom stereocenters. The SMILES string of the molecule is CCOc1ccc(-n2nnc(C(C)=O)c2C)cc1. The van der Waals surface area contributed by atoms with E-state index in [9.17, 15) is 4.79 Å². The molecule has 2 aromatic rings. The second-order valence-corrected chi connectivity index (χ2v) is 3.92. The zero-order valence-electron chi connectivity index (χ0n) is 10.7. The lowest BCUT2D eigenvalue weighted by molar-refractivity contribution is 0.101. The zero-order chi connectivity index (χ0) is 13.1. The van der Waals surface area contributed by atoms with Crippen LogP contribution in [0.3, 0.4) is 0 Å². The van der Waals surface area contributed by atoms with E-state index < -0.39 is 0 Å². The molecule has 0 saturated heterocycles. The fourth-order valence-corrected chi connectivity index (χ4v) is 1.75. The first kappa shape index (κ1) is 12.3. The van der Waals surface area contributed by atoms with Crippen molar-refractivity contribution in [2.75, 3.05) is 6.61 Å². The molecule has 1 heterocycles. The fourth-order valence-electron chi connectivity index (χ4n) is 1.75. The Morgan fingerprint density at radius 3 is 2.50 bits per heavy atom. The average molecular weight is 245 g/mol. The van der Waals surface area contributed by atoms with Gasteiger partial charge in [-0.05, 0) is 38.1 Å². The number of ketones is 1. The Bertz CT molecular complexity index is 558. The van der Waals surface area contributed by atoms with E-state index in [-0.39, 0.29) is 5.78 Å². The summed E-state index contributed by atoms with van der Waals surface area (Å²) in [6.07, 6.45) is 0. The van der Waals surface area contributed by atoms with Crippen LogP contribution in [0.1, 0.15) is 30.0 Å². The van der Waals surface area contributed by atoms with E-state index in [4.69, 9.17) is 4.74 Å². The van der Waals surface area contributed by atoms with E-state index in [1.165, 1.54) is 6.92 Å². The number of ether oxygens (including phenoxy) is 1. The first-order valence-corrected chi connectivity index (χ1v) is 5.80. The minimum Gasteiger partial charge on any atom is -0.494 e. The molecule has 0 radical (unpaired) electrons. The molecule has 0 bridgehead atoms. The highest BCUT2D eigenvalue weighted by Gasteiger charge is 2.13. The van der Waals surface area contributed by atoms with Crippen molar-refractivity contribution in [3.63, 3.8) is 0 Å². The van der Waals surface area contributed by atoms with Gasteiger partial charge < -0.3 is 4.74 Å². The molecule has 0 aliphatic heterocycles. The highest BCUT2D eigenvalue weighted by Crippen LogP contribution is 2.17.